The zero-order valence-corrected chi connectivity index (χ0v) is 12.1. The Bertz CT molecular complexity index is 311. The Balaban J connectivity index is 1.86. The van der Waals surface area contributed by atoms with Gasteiger partial charge in [-0.3, -0.25) is 9.69 Å². The maximum absolute atomic E-state index is 11.9. The fraction of sp³-hybridized carbons (Fsp3) is 0.929. The summed E-state index contributed by atoms with van der Waals surface area (Å²) in [6.07, 6.45) is 0.966. The van der Waals surface area contributed by atoms with Crippen LogP contribution in [0.5, 0.6) is 0 Å². The minimum atomic E-state index is -0.272. The summed E-state index contributed by atoms with van der Waals surface area (Å²) >= 11 is 0. The van der Waals surface area contributed by atoms with Crippen molar-refractivity contribution >= 4 is 5.91 Å². The zero-order valence-electron chi connectivity index (χ0n) is 12.1. The molecule has 1 atom stereocenters. The molecule has 0 aromatic carbocycles. The molecule has 2 aliphatic rings. The maximum atomic E-state index is 11.9. The topological polar surface area (TPSA) is 32.8 Å². The van der Waals surface area contributed by atoms with Crippen LogP contribution in [0.1, 0.15) is 34.1 Å². The lowest BCUT2D eigenvalue weighted by Crippen LogP contribution is -2.72. The minimum absolute atomic E-state index is 0.0830. The van der Waals surface area contributed by atoms with Crippen LogP contribution in [0, 0.1) is 5.92 Å². The average molecular weight is 254 g/mol. The summed E-state index contributed by atoms with van der Waals surface area (Å²) in [6.45, 7) is 13.1. The minimum Gasteiger partial charge on any atom is -0.358 e. The highest BCUT2D eigenvalue weighted by Crippen LogP contribution is 2.32. The highest BCUT2D eigenvalue weighted by molar-refractivity contribution is 5.81. The van der Waals surface area contributed by atoms with Gasteiger partial charge in [0.2, 0.25) is 0 Å². The van der Waals surface area contributed by atoms with Crippen LogP contribution in [0.25, 0.3) is 0 Å². The van der Waals surface area contributed by atoms with Crippen molar-refractivity contribution < 1.29 is 9.53 Å². The van der Waals surface area contributed by atoms with Gasteiger partial charge in [-0.05, 0) is 32.7 Å². The zero-order chi connectivity index (χ0) is 13.3. The molecular weight excluding hydrogens is 228 g/mol. The van der Waals surface area contributed by atoms with Crippen molar-refractivity contribution in [2.45, 2.75) is 45.8 Å². The van der Waals surface area contributed by atoms with Crippen molar-refractivity contribution in [3.8, 4) is 0 Å². The monoisotopic (exact) mass is 254 g/mol. The molecule has 0 saturated carbocycles. The van der Waals surface area contributed by atoms with Crippen LogP contribution in [0.15, 0.2) is 0 Å². The molecule has 1 spiro atoms. The Labute approximate surface area is 110 Å². The van der Waals surface area contributed by atoms with Gasteiger partial charge in [-0.1, -0.05) is 13.8 Å². The largest absolute Gasteiger partial charge is 0.358 e. The van der Waals surface area contributed by atoms with E-state index in [-0.39, 0.29) is 17.6 Å². The first-order valence-corrected chi connectivity index (χ1v) is 7.15. The van der Waals surface area contributed by atoms with Gasteiger partial charge in [-0.25, -0.2) is 0 Å². The number of likely N-dealkylation sites (tertiary alicyclic amines) is 1. The number of likely N-dealkylation sites (N-methyl/N-ethyl adjacent to an activating group) is 1. The normalized spacial score (nSPS) is 27.9. The van der Waals surface area contributed by atoms with Crippen molar-refractivity contribution in [1.29, 1.82) is 0 Å². The fourth-order valence-electron chi connectivity index (χ4n) is 2.96. The van der Waals surface area contributed by atoms with Crippen LogP contribution in [0.3, 0.4) is 0 Å². The Hall–Kier alpha value is -0.610. The second-order valence-corrected chi connectivity index (χ2v) is 6.19. The van der Waals surface area contributed by atoms with Gasteiger partial charge < -0.3 is 9.64 Å². The van der Waals surface area contributed by atoms with E-state index in [4.69, 9.17) is 4.74 Å². The Kier molecular flexibility index (Phi) is 3.97. The van der Waals surface area contributed by atoms with E-state index in [1.807, 2.05) is 18.7 Å². The Morgan fingerprint density at radius 1 is 1.39 bits per heavy atom. The van der Waals surface area contributed by atoms with E-state index >= 15 is 0 Å². The van der Waals surface area contributed by atoms with Gasteiger partial charge in [-0.15, -0.1) is 0 Å². The van der Waals surface area contributed by atoms with E-state index in [1.165, 1.54) is 6.42 Å². The summed E-state index contributed by atoms with van der Waals surface area (Å²) in [4.78, 5) is 16.2. The van der Waals surface area contributed by atoms with Crippen molar-refractivity contribution in [2.24, 2.45) is 5.92 Å². The summed E-state index contributed by atoms with van der Waals surface area (Å²) in [5, 5.41) is 0. The number of nitrogens with zero attached hydrogens (tertiary/aromatic N) is 2. The van der Waals surface area contributed by atoms with Crippen LogP contribution in [0.2, 0.25) is 0 Å². The molecule has 2 heterocycles. The summed E-state index contributed by atoms with van der Waals surface area (Å²) in [7, 11) is 0. The fourth-order valence-corrected chi connectivity index (χ4v) is 2.96. The molecule has 0 radical (unpaired) electrons. The number of morpholine rings is 1. The van der Waals surface area contributed by atoms with Crippen molar-refractivity contribution in [2.75, 3.05) is 32.7 Å². The first-order valence-electron chi connectivity index (χ1n) is 7.15. The first kappa shape index (κ1) is 13.8. The van der Waals surface area contributed by atoms with Gasteiger partial charge in [0.25, 0.3) is 5.91 Å². The van der Waals surface area contributed by atoms with E-state index in [2.05, 4.69) is 18.7 Å². The molecule has 0 aliphatic carbocycles. The number of carbonyl (C=O) groups excluding carboxylic acids is 1. The highest BCUT2D eigenvalue weighted by atomic mass is 16.5. The highest BCUT2D eigenvalue weighted by Gasteiger charge is 2.50. The molecule has 0 aromatic heterocycles. The molecule has 0 N–H and O–H groups in total. The van der Waals surface area contributed by atoms with Crippen LogP contribution in [-0.4, -0.2) is 60.1 Å². The number of hydrogen-bond acceptors (Lipinski definition) is 3. The van der Waals surface area contributed by atoms with Crippen LogP contribution >= 0.6 is 0 Å². The third-order valence-corrected chi connectivity index (χ3v) is 3.99. The van der Waals surface area contributed by atoms with Crippen LogP contribution < -0.4 is 0 Å². The first-order chi connectivity index (χ1) is 8.46. The predicted molar refractivity (Wildman–Crippen MR) is 71.4 cm³/mol. The molecule has 2 aliphatic heterocycles. The average Bonchev–Trinajstić information content (AvgIpc) is 2.27. The quantitative estimate of drug-likeness (QED) is 0.759. The Morgan fingerprint density at radius 3 is 2.61 bits per heavy atom. The van der Waals surface area contributed by atoms with Crippen molar-refractivity contribution in [3.05, 3.63) is 0 Å². The van der Waals surface area contributed by atoms with Gasteiger partial charge in [0.15, 0.2) is 0 Å². The predicted octanol–water partition coefficient (Wildman–Crippen LogP) is 1.35. The summed E-state index contributed by atoms with van der Waals surface area (Å²) in [5.41, 5.74) is -0.0830. The molecule has 4 nitrogen and oxygen atoms in total. The van der Waals surface area contributed by atoms with E-state index in [0.29, 0.717) is 0 Å². The molecule has 104 valence electrons. The van der Waals surface area contributed by atoms with Crippen LogP contribution in [-0.2, 0) is 9.53 Å². The number of amides is 1. The molecule has 0 aromatic rings. The second-order valence-electron chi connectivity index (χ2n) is 6.19. The number of ether oxygens (including phenoxy) is 1. The lowest BCUT2D eigenvalue weighted by atomic mass is 9.90. The molecule has 2 saturated heterocycles. The number of hydrogen-bond donors (Lipinski definition) is 0. The van der Waals surface area contributed by atoms with Gasteiger partial charge in [-0.2, -0.15) is 0 Å². The molecule has 1 amide bonds. The molecule has 4 heteroatoms. The van der Waals surface area contributed by atoms with Gasteiger partial charge in [0.05, 0.1) is 6.54 Å². The van der Waals surface area contributed by atoms with Crippen molar-refractivity contribution in [3.63, 3.8) is 0 Å². The third-order valence-electron chi connectivity index (χ3n) is 3.99. The van der Waals surface area contributed by atoms with E-state index in [0.717, 1.165) is 38.6 Å². The molecule has 0 bridgehead atoms. The number of rotatable bonds is 4. The lowest BCUT2D eigenvalue weighted by Gasteiger charge is -2.55. The van der Waals surface area contributed by atoms with Crippen LogP contribution in [0.4, 0.5) is 0 Å². The molecule has 2 fully saturated rings. The molecule has 1 unspecified atom stereocenters. The van der Waals surface area contributed by atoms with E-state index < -0.39 is 0 Å². The Morgan fingerprint density at radius 2 is 2.06 bits per heavy atom. The van der Waals surface area contributed by atoms with E-state index in [1.54, 1.807) is 0 Å². The van der Waals surface area contributed by atoms with Gasteiger partial charge in [0.1, 0.15) is 11.7 Å². The third kappa shape index (κ3) is 2.69. The second kappa shape index (κ2) is 5.17. The molecular formula is C14H26N2O2. The van der Waals surface area contributed by atoms with Gasteiger partial charge in [0, 0.05) is 19.6 Å². The lowest BCUT2D eigenvalue weighted by molar-refractivity contribution is -0.214. The SMILES string of the molecule is CCN1CC2(CN(CCC(C)C)C2)OC(C)C1=O. The molecule has 2 rings (SSSR count). The van der Waals surface area contributed by atoms with Crippen molar-refractivity contribution in [1.82, 2.24) is 9.80 Å². The number of carbonyl (C=O) groups is 1. The van der Waals surface area contributed by atoms with Gasteiger partial charge >= 0.3 is 0 Å². The smallest absolute Gasteiger partial charge is 0.251 e. The summed E-state index contributed by atoms with van der Waals surface area (Å²) in [6, 6.07) is 0. The molecule has 18 heavy (non-hydrogen) atoms. The summed E-state index contributed by atoms with van der Waals surface area (Å²) in [5.74, 6) is 0.894. The van der Waals surface area contributed by atoms with E-state index in [9.17, 15) is 4.79 Å². The summed E-state index contributed by atoms with van der Waals surface area (Å²) < 4.78 is 5.96. The standard InChI is InChI=1S/C14H26N2O2/c1-5-16-10-14(18-12(4)13(16)17)8-15(9-14)7-6-11(2)3/h11-12H,5-10H2,1-4H3. The maximum Gasteiger partial charge on any atom is 0.251 e.